The summed E-state index contributed by atoms with van der Waals surface area (Å²) in [4.78, 5) is 10.2. The number of carboxylic acid groups (broad SMARTS) is 1. The summed E-state index contributed by atoms with van der Waals surface area (Å²) in [6.07, 6.45) is 0.897. The Morgan fingerprint density at radius 1 is 1.31 bits per heavy atom. The minimum absolute atomic E-state index is 0.159. The highest BCUT2D eigenvalue weighted by Gasteiger charge is 2.14. The quantitative estimate of drug-likeness (QED) is 0.554. The van der Waals surface area contributed by atoms with Crippen LogP contribution in [0.15, 0.2) is 0 Å². The van der Waals surface area contributed by atoms with Gasteiger partial charge in [0.1, 0.15) is 0 Å². The molecule has 0 aromatic carbocycles. The van der Waals surface area contributed by atoms with E-state index in [-0.39, 0.29) is 12.8 Å². The molecule has 4 heteroatoms. The summed E-state index contributed by atoms with van der Waals surface area (Å²) >= 11 is 0. The number of carbonyl (C=O) groups is 1. The van der Waals surface area contributed by atoms with Crippen molar-refractivity contribution < 1.29 is 20.1 Å². The molecule has 0 aliphatic carbocycles. The van der Waals surface area contributed by atoms with E-state index >= 15 is 0 Å². The van der Waals surface area contributed by atoms with Crippen LogP contribution in [-0.2, 0) is 4.79 Å². The van der Waals surface area contributed by atoms with Gasteiger partial charge in [0.2, 0.25) is 0 Å². The zero-order valence-corrected chi connectivity index (χ0v) is 7.94. The van der Waals surface area contributed by atoms with Crippen LogP contribution in [0.25, 0.3) is 0 Å². The van der Waals surface area contributed by atoms with E-state index in [0.29, 0.717) is 6.42 Å². The lowest BCUT2D eigenvalue weighted by Crippen LogP contribution is -2.20. The predicted octanol–water partition coefficient (Wildman–Crippen LogP) is 0.763. The van der Waals surface area contributed by atoms with Crippen molar-refractivity contribution in [3.63, 3.8) is 0 Å². The summed E-state index contributed by atoms with van der Waals surface area (Å²) in [6.45, 7) is 2.01. The number of aliphatic hydroxyl groups is 2. The molecule has 13 heavy (non-hydrogen) atoms. The standard InChI is InChI=1S/C9H18O4/c1-2-3-4-7(10)5-8(11)6-9(12)13/h7-8,10-11H,2-6H2,1H3,(H,12,13). The molecule has 0 heterocycles. The largest absolute Gasteiger partial charge is 0.481 e. The van der Waals surface area contributed by atoms with Crippen LogP contribution in [0.5, 0.6) is 0 Å². The smallest absolute Gasteiger partial charge is 0.305 e. The summed E-state index contributed by atoms with van der Waals surface area (Å²) in [5, 5.41) is 26.8. The summed E-state index contributed by atoms with van der Waals surface area (Å²) in [7, 11) is 0. The zero-order valence-electron chi connectivity index (χ0n) is 7.94. The maximum Gasteiger partial charge on any atom is 0.305 e. The number of unbranched alkanes of at least 4 members (excludes halogenated alkanes) is 1. The van der Waals surface area contributed by atoms with Gasteiger partial charge in [-0.1, -0.05) is 19.8 Å². The van der Waals surface area contributed by atoms with Gasteiger partial charge in [0, 0.05) is 0 Å². The van der Waals surface area contributed by atoms with Crippen molar-refractivity contribution in [3.05, 3.63) is 0 Å². The first-order valence-electron chi connectivity index (χ1n) is 4.64. The van der Waals surface area contributed by atoms with Gasteiger partial charge in [0.25, 0.3) is 0 Å². The van der Waals surface area contributed by atoms with Gasteiger partial charge in [0.15, 0.2) is 0 Å². The molecule has 0 radical (unpaired) electrons. The molecule has 3 N–H and O–H groups in total. The molecule has 0 rings (SSSR count). The zero-order chi connectivity index (χ0) is 10.3. The Kier molecular flexibility index (Phi) is 6.54. The van der Waals surface area contributed by atoms with Crippen molar-refractivity contribution in [2.24, 2.45) is 0 Å². The van der Waals surface area contributed by atoms with E-state index < -0.39 is 18.2 Å². The first-order chi connectivity index (χ1) is 6.06. The third kappa shape index (κ3) is 7.74. The minimum atomic E-state index is -1.03. The maximum absolute atomic E-state index is 10.2. The SMILES string of the molecule is CCCCC(O)CC(O)CC(=O)O. The lowest BCUT2D eigenvalue weighted by Gasteiger charge is -2.13. The van der Waals surface area contributed by atoms with Gasteiger partial charge in [-0.2, -0.15) is 0 Å². The van der Waals surface area contributed by atoms with Crippen molar-refractivity contribution in [2.75, 3.05) is 0 Å². The summed E-state index contributed by atoms with van der Waals surface area (Å²) < 4.78 is 0. The number of hydrogen-bond acceptors (Lipinski definition) is 3. The molecular formula is C9H18O4. The second-order valence-corrected chi connectivity index (χ2v) is 3.28. The van der Waals surface area contributed by atoms with E-state index in [4.69, 9.17) is 10.2 Å². The molecule has 0 bridgehead atoms. The Morgan fingerprint density at radius 2 is 1.92 bits per heavy atom. The van der Waals surface area contributed by atoms with Gasteiger partial charge in [-0.15, -0.1) is 0 Å². The maximum atomic E-state index is 10.2. The molecule has 0 aliphatic rings. The molecular weight excluding hydrogens is 172 g/mol. The van der Waals surface area contributed by atoms with Gasteiger partial charge in [0.05, 0.1) is 18.6 Å². The molecule has 2 atom stereocenters. The molecule has 4 nitrogen and oxygen atoms in total. The average Bonchev–Trinajstić information content (AvgIpc) is 1.98. The fraction of sp³-hybridized carbons (Fsp3) is 0.889. The van der Waals surface area contributed by atoms with Crippen LogP contribution in [0.2, 0.25) is 0 Å². The van der Waals surface area contributed by atoms with Crippen LogP contribution in [0.4, 0.5) is 0 Å². The molecule has 0 saturated carbocycles. The first-order valence-corrected chi connectivity index (χ1v) is 4.64. The fourth-order valence-electron chi connectivity index (χ4n) is 1.16. The third-order valence-corrected chi connectivity index (χ3v) is 1.85. The number of rotatable bonds is 7. The Bertz CT molecular complexity index is 147. The normalized spacial score (nSPS) is 15.3. The molecule has 78 valence electrons. The minimum Gasteiger partial charge on any atom is -0.481 e. The van der Waals surface area contributed by atoms with Crippen LogP contribution in [-0.4, -0.2) is 33.5 Å². The van der Waals surface area contributed by atoms with Crippen LogP contribution in [0.3, 0.4) is 0 Å². The number of aliphatic carboxylic acids is 1. The molecule has 0 saturated heterocycles. The van der Waals surface area contributed by atoms with Crippen LogP contribution >= 0.6 is 0 Å². The van der Waals surface area contributed by atoms with E-state index in [0.717, 1.165) is 12.8 Å². The summed E-state index contributed by atoms with van der Waals surface area (Å²) in [5.41, 5.74) is 0. The van der Waals surface area contributed by atoms with Crippen LogP contribution in [0, 0.1) is 0 Å². The predicted molar refractivity (Wildman–Crippen MR) is 48.4 cm³/mol. The van der Waals surface area contributed by atoms with Crippen molar-refractivity contribution in [1.29, 1.82) is 0 Å². The fourth-order valence-corrected chi connectivity index (χ4v) is 1.16. The highest BCUT2D eigenvalue weighted by Crippen LogP contribution is 2.08. The number of aliphatic hydroxyl groups excluding tert-OH is 2. The monoisotopic (exact) mass is 190 g/mol. The first kappa shape index (κ1) is 12.4. The van der Waals surface area contributed by atoms with Gasteiger partial charge in [-0.05, 0) is 12.8 Å². The van der Waals surface area contributed by atoms with E-state index in [1.165, 1.54) is 0 Å². The van der Waals surface area contributed by atoms with Crippen LogP contribution in [0.1, 0.15) is 39.0 Å². The number of hydrogen-bond donors (Lipinski definition) is 3. The second kappa shape index (κ2) is 6.86. The molecule has 0 aliphatic heterocycles. The molecule has 0 amide bonds. The molecule has 0 aromatic heterocycles. The molecule has 0 spiro atoms. The lowest BCUT2D eigenvalue weighted by atomic mass is 10.0. The van der Waals surface area contributed by atoms with Crippen molar-refractivity contribution in [1.82, 2.24) is 0 Å². The molecule has 2 unspecified atom stereocenters. The Hall–Kier alpha value is -0.610. The van der Waals surface area contributed by atoms with E-state index in [1.54, 1.807) is 0 Å². The van der Waals surface area contributed by atoms with Gasteiger partial charge >= 0.3 is 5.97 Å². The summed E-state index contributed by atoms with van der Waals surface area (Å²) in [6, 6.07) is 0. The van der Waals surface area contributed by atoms with Gasteiger partial charge in [-0.3, -0.25) is 4.79 Å². The lowest BCUT2D eigenvalue weighted by molar-refractivity contribution is -0.139. The van der Waals surface area contributed by atoms with E-state index in [2.05, 4.69) is 0 Å². The van der Waals surface area contributed by atoms with E-state index in [1.807, 2.05) is 6.92 Å². The highest BCUT2D eigenvalue weighted by atomic mass is 16.4. The Labute approximate surface area is 78.2 Å². The highest BCUT2D eigenvalue weighted by molar-refractivity contribution is 5.67. The molecule has 0 fully saturated rings. The van der Waals surface area contributed by atoms with Crippen LogP contribution < -0.4 is 0 Å². The van der Waals surface area contributed by atoms with Crippen molar-refractivity contribution in [2.45, 2.75) is 51.2 Å². The van der Waals surface area contributed by atoms with Gasteiger partial charge in [-0.25, -0.2) is 0 Å². The third-order valence-electron chi connectivity index (χ3n) is 1.85. The Balaban J connectivity index is 3.52. The van der Waals surface area contributed by atoms with Crippen molar-refractivity contribution in [3.8, 4) is 0 Å². The molecule has 0 aromatic rings. The average molecular weight is 190 g/mol. The van der Waals surface area contributed by atoms with E-state index in [9.17, 15) is 9.90 Å². The van der Waals surface area contributed by atoms with Gasteiger partial charge < -0.3 is 15.3 Å². The number of carboxylic acids is 1. The topological polar surface area (TPSA) is 77.8 Å². The Morgan fingerprint density at radius 3 is 2.38 bits per heavy atom. The summed E-state index contributed by atoms with van der Waals surface area (Å²) in [5.74, 6) is -1.03. The second-order valence-electron chi connectivity index (χ2n) is 3.28. The van der Waals surface area contributed by atoms with Crippen molar-refractivity contribution >= 4 is 5.97 Å².